The summed E-state index contributed by atoms with van der Waals surface area (Å²) < 4.78 is 2.10. The summed E-state index contributed by atoms with van der Waals surface area (Å²) >= 11 is 0. The lowest BCUT2D eigenvalue weighted by molar-refractivity contribution is 0.144. The van der Waals surface area contributed by atoms with Gasteiger partial charge < -0.3 is 5.11 Å². The molecule has 2 aliphatic carbocycles. The number of nitrogens with zero attached hydrogens (tertiary/aromatic N) is 2. The highest BCUT2D eigenvalue weighted by molar-refractivity contribution is 5.35. The molecule has 0 spiro atoms. The zero-order valence-corrected chi connectivity index (χ0v) is 9.29. The summed E-state index contributed by atoms with van der Waals surface area (Å²) in [4.78, 5) is 0. The highest BCUT2D eigenvalue weighted by atomic mass is 16.3. The molecule has 0 saturated heterocycles. The van der Waals surface area contributed by atoms with Crippen LogP contribution in [-0.2, 0) is 25.0 Å². The predicted molar refractivity (Wildman–Crippen MR) is 57.7 cm³/mol. The fourth-order valence-electron chi connectivity index (χ4n) is 2.66. The van der Waals surface area contributed by atoms with Crippen LogP contribution in [0.3, 0.4) is 0 Å². The molecule has 1 saturated carbocycles. The van der Waals surface area contributed by atoms with Crippen LogP contribution in [0.15, 0.2) is 0 Å². The molecule has 0 radical (unpaired) electrons. The maximum atomic E-state index is 10.2. The van der Waals surface area contributed by atoms with Gasteiger partial charge in [0.05, 0.1) is 5.69 Å². The van der Waals surface area contributed by atoms with Crippen LogP contribution >= 0.6 is 0 Å². The second-order valence-corrected chi connectivity index (χ2v) is 4.83. The van der Waals surface area contributed by atoms with Crippen LogP contribution in [0, 0.1) is 0 Å². The molecule has 2 aliphatic rings. The minimum absolute atomic E-state index is 0.554. The first-order chi connectivity index (χ1) is 7.24. The molecule has 0 unspecified atom stereocenters. The second-order valence-electron chi connectivity index (χ2n) is 4.83. The van der Waals surface area contributed by atoms with Gasteiger partial charge in [-0.1, -0.05) is 0 Å². The van der Waals surface area contributed by atoms with Crippen molar-refractivity contribution in [2.75, 3.05) is 0 Å². The Kier molecular flexibility index (Phi) is 1.93. The van der Waals surface area contributed by atoms with Crippen molar-refractivity contribution in [3.63, 3.8) is 0 Å². The number of aromatic nitrogens is 2. The van der Waals surface area contributed by atoms with E-state index >= 15 is 0 Å². The standard InChI is InChI=1S/C12H18N2O/c1-2-14-10-6-4-3-5-9(10)11(13-14)12(15)7-8-12/h15H,2-8H2,1H3. The average molecular weight is 206 g/mol. The molecule has 0 atom stereocenters. The van der Waals surface area contributed by atoms with Gasteiger partial charge in [-0.15, -0.1) is 0 Å². The number of rotatable bonds is 2. The van der Waals surface area contributed by atoms with Gasteiger partial charge in [0.2, 0.25) is 0 Å². The monoisotopic (exact) mass is 206 g/mol. The first-order valence-corrected chi connectivity index (χ1v) is 6.06. The SMILES string of the molecule is CCn1nc(C2(O)CC2)c2c1CCCC2. The van der Waals surface area contributed by atoms with Crippen LogP contribution < -0.4 is 0 Å². The molecule has 1 fully saturated rings. The number of fused-ring (bicyclic) bond motifs is 1. The Morgan fingerprint density at radius 2 is 2.07 bits per heavy atom. The summed E-state index contributed by atoms with van der Waals surface area (Å²) in [6, 6.07) is 0. The number of hydrogen-bond acceptors (Lipinski definition) is 2. The lowest BCUT2D eigenvalue weighted by Gasteiger charge is -2.14. The normalized spacial score (nSPS) is 22.5. The van der Waals surface area contributed by atoms with Crippen LogP contribution in [0.25, 0.3) is 0 Å². The Labute approximate surface area is 90.1 Å². The van der Waals surface area contributed by atoms with E-state index in [1.807, 2.05) is 0 Å². The van der Waals surface area contributed by atoms with Crippen LogP contribution in [0.1, 0.15) is 49.6 Å². The quantitative estimate of drug-likeness (QED) is 0.800. The molecule has 82 valence electrons. The Hall–Kier alpha value is -0.830. The summed E-state index contributed by atoms with van der Waals surface area (Å²) in [5, 5.41) is 14.8. The van der Waals surface area contributed by atoms with E-state index in [-0.39, 0.29) is 0 Å². The topological polar surface area (TPSA) is 38.0 Å². The zero-order chi connectivity index (χ0) is 10.5. The molecule has 0 bridgehead atoms. The first kappa shape index (κ1) is 9.40. The molecule has 1 heterocycles. The largest absolute Gasteiger partial charge is 0.383 e. The van der Waals surface area contributed by atoms with Gasteiger partial charge in [-0.2, -0.15) is 5.10 Å². The molecule has 15 heavy (non-hydrogen) atoms. The van der Waals surface area contributed by atoms with Gasteiger partial charge in [0.25, 0.3) is 0 Å². The molecule has 1 aromatic rings. The van der Waals surface area contributed by atoms with Crippen LogP contribution in [-0.4, -0.2) is 14.9 Å². The van der Waals surface area contributed by atoms with Gasteiger partial charge >= 0.3 is 0 Å². The van der Waals surface area contributed by atoms with Gasteiger partial charge in [-0.05, 0) is 51.0 Å². The van der Waals surface area contributed by atoms with Gasteiger partial charge in [-0.3, -0.25) is 4.68 Å². The first-order valence-electron chi connectivity index (χ1n) is 6.06. The highest BCUT2D eigenvalue weighted by Crippen LogP contribution is 2.47. The van der Waals surface area contributed by atoms with E-state index in [0.29, 0.717) is 0 Å². The lowest BCUT2D eigenvalue weighted by Crippen LogP contribution is -2.10. The van der Waals surface area contributed by atoms with Crippen molar-refractivity contribution in [3.05, 3.63) is 17.0 Å². The van der Waals surface area contributed by atoms with Gasteiger partial charge in [0.1, 0.15) is 5.60 Å². The van der Waals surface area contributed by atoms with E-state index in [2.05, 4.69) is 16.7 Å². The molecular weight excluding hydrogens is 188 g/mol. The van der Waals surface area contributed by atoms with Crippen molar-refractivity contribution in [2.45, 2.75) is 57.6 Å². The smallest absolute Gasteiger partial charge is 0.109 e. The molecule has 0 aliphatic heterocycles. The lowest BCUT2D eigenvalue weighted by atomic mass is 9.93. The Bertz CT molecular complexity index is 391. The van der Waals surface area contributed by atoms with Crippen molar-refractivity contribution in [3.8, 4) is 0 Å². The van der Waals surface area contributed by atoms with Crippen LogP contribution in [0.5, 0.6) is 0 Å². The van der Waals surface area contributed by atoms with Crippen molar-refractivity contribution < 1.29 is 5.11 Å². The predicted octanol–water partition coefficient (Wildman–Crippen LogP) is 1.76. The number of hydrogen-bond donors (Lipinski definition) is 1. The Morgan fingerprint density at radius 1 is 1.33 bits per heavy atom. The summed E-state index contributed by atoms with van der Waals surface area (Å²) in [7, 11) is 0. The highest BCUT2D eigenvalue weighted by Gasteiger charge is 2.47. The van der Waals surface area contributed by atoms with Gasteiger partial charge in [0, 0.05) is 12.2 Å². The molecular formula is C12H18N2O. The minimum atomic E-state index is -0.554. The molecule has 3 nitrogen and oxygen atoms in total. The van der Waals surface area contributed by atoms with E-state index in [4.69, 9.17) is 0 Å². The van der Waals surface area contributed by atoms with Crippen molar-refractivity contribution in [1.82, 2.24) is 9.78 Å². The fourth-order valence-corrected chi connectivity index (χ4v) is 2.66. The summed E-state index contributed by atoms with van der Waals surface area (Å²) in [6.07, 6.45) is 6.60. The van der Waals surface area contributed by atoms with Crippen LogP contribution in [0.4, 0.5) is 0 Å². The van der Waals surface area contributed by atoms with E-state index in [1.165, 1.54) is 24.1 Å². The summed E-state index contributed by atoms with van der Waals surface area (Å²) in [5.41, 5.74) is 3.20. The van der Waals surface area contributed by atoms with Gasteiger partial charge in [0.15, 0.2) is 0 Å². The van der Waals surface area contributed by atoms with Crippen LogP contribution in [0.2, 0.25) is 0 Å². The van der Waals surface area contributed by atoms with E-state index < -0.39 is 5.60 Å². The van der Waals surface area contributed by atoms with E-state index in [9.17, 15) is 5.11 Å². The minimum Gasteiger partial charge on any atom is -0.383 e. The summed E-state index contributed by atoms with van der Waals surface area (Å²) in [5.74, 6) is 0. The van der Waals surface area contributed by atoms with Crippen molar-refractivity contribution in [2.24, 2.45) is 0 Å². The maximum absolute atomic E-state index is 10.2. The molecule has 1 aromatic heterocycles. The zero-order valence-electron chi connectivity index (χ0n) is 9.29. The van der Waals surface area contributed by atoms with E-state index in [0.717, 1.165) is 37.9 Å². The molecule has 0 aromatic carbocycles. The molecule has 1 N–H and O–H groups in total. The number of aliphatic hydroxyl groups is 1. The van der Waals surface area contributed by atoms with Crippen molar-refractivity contribution in [1.29, 1.82) is 0 Å². The third-order valence-electron chi connectivity index (χ3n) is 3.72. The van der Waals surface area contributed by atoms with Crippen molar-refractivity contribution >= 4 is 0 Å². The Balaban J connectivity index is 2.10. The second kappa shape index (κ2) is 3.08. The third-order valence-corrected chi connectivity index (χ3v) is 3.72. The number of aryl methyl sites for hydroxylation is 1. The fraction of sp³-hybridized carbons (Fsp3) is 0.750. The molecule has 0 amide bonds. The average Bonchev–Trinajstić information content (AvgIpc) is 2.90. The molecule has 3 rings (SSSR count). The maximum Gasteiger partial charge on any atom is 0.109 e. The van der Waals surface area contributed by atoms with E-state index in [1.54, 1.807) is 0 Å². The molecule has 3 heteroatoms. The summed E-state index contributed by atoms with van der Waals surface area (Å²) in [6.45, 7) is 3.06. The Morgan fingerprint density at radius 3 is 2.73 bits per heavy atom. The third kappa shape index (κ3) is 1.33. The van der Waals surface area contributed by atoms with Gasteiger partial charge in [-0.25, -0.2) is 0 Å².